The molecule has 19 nitrogen and oxygen atoms in total. The highest BCUT2D eigenvalue weighted by molar-refractivity contribution is 5.97. The second-order valence-electron chi connectivity index (χ2n) is 15.7. The first-order valence-corrected chi connectivity index (χ1v) is 20.6. The van der Waals surface area contributed by atoms with E-state index in [1.54, 1.807) is 29.2 Å². The van der Waals surface area contributed by atoms with Crippen LogP contribution in [0, 0.1) is 13.8 Å². The molecule has 63 heavy (non-hydrogen) atoms. The summed E-state index contributed by atoms with van der Waals surface area (Å²) in [5.74, 6) is -2.63. The predicted molar refractivity (Wildman–Crippen MR) is 225 cm³/mol. The molecule has 19 heteroatoms. The summed E-state index contributed by atoms with van der Waals surface area (Å²) in [4.78, 5) is 70.3. The Morgan fingerprint density at radius 3 is 2.25 bits per heavy atom. The minimum atomic E-state index is -1.95. The molecule has 0 aliphatic carbocycles. The SMILES string of the molecule is Cc1ccc2c(=O)c3cccc(CC(=O)N4CCN(C(=O)OCc5ccc(O[C@@H]6OC(C(=O)O)[C@@H](O)[C@H](O)[C@H]6O)c(C(=O)NCCOCCOCCN(C)C)c5)CC4)c3oc2c1C. The van der Waals surface area contributed by atoms with E-state index in [1.165, 1.54) is 23.1 Å². The number of hydrogen-bond acceptors (Lipinski definition) is 15. The van der Waals surface area contributed by atoms with Crippen molar-refractivity contribution in [1.29, 1.82) is 0 Å². The minimum absolute atomic E-state index is 0.00942. The second-order valence-corrected chi connectivity index (χ2v) is 15.7. The second kappa shape index (κ2) is 21.1. The molecule has 0 radical (unpaired) electrons. The quantitative estimate of drug-likeness (QED) is 0.0738. The third-order valence-corrected chi connectivity index (χ3v) is 11.0. The third-order valence-electron chi connectivity index (χ3n) is 11.0. The highest BCUT2D eigenvalue weighted by atomic mass is 16.7. The Hall–Kier alpha value is -5.67. The van der Waals surface area contributed by atoms with E-state index in [0.29, 0.717) is 52.9 Å². The smallest absolute Gasteiger partial charge is 0.410 e. The molecule has 2 aliphatic heterocycles. The number of rotatable bonds is 17. The molecule has 2 fully saturated rings. The van der Waals surface area contributed by atoms with E-state index in [0.717, 1.165) is 17.7 Å². The summed E-state index contributed by atoms with van der Waals surface area (Å²) in [6.07, 6.45) is -10.2. The van der Waals surface area contributed by atoms with E-state index in [9.17, 15) is 44.4 Å². The number of carboxylic acids is 1. The molecule has 1 aromatic heterocycles. The van der Waals surface area contributed by atoms with Crippen LogP contribution in [0.25, 0.3) is 21.9 Å². The van der Waals surface area contributed by atoms with Crippen LogP contribution in [0.4, 0.5) is 4.79 Å². The number of amides is 3. The summed E-state index contributed by atoms with van der Waals surface area (Å²) in [7, 11) is 3.87. The summed E-state index contributed by atoms with van der Waals surface area (Å²) in [6, 6.07) is 13.0. The molecule has 0 bridgehead atoms. The number of hydrogen-bond donors (Lipinski definition) is 5. The van der Waals surface area contributed by atoms with Gasteiger partial charge in [0.05, 0.1) is 49.2 Å². The molecule has 3 heterocycles. The van der Waals surface area contributed by atoms with Crippen molar-refractivity contribution in [3.63, 3.8) is 0 Å². The van der Waals surface area contributed by atoms with Crippen molar-refractivity contribution >= 4 is 45.8 Å². The summed E-state index contributed by atoms with van der Waals surface area (Å²) in [5, 5.41) is 44.0. The largest absolute Gasteiger partial charge is 0.479 e. The fourth-order valence-corrected chi connectivity index (χ4v) is 7.14. The van der Waals surface area contributed by atoms with Gasteiger partial charge in [-0.15, -0.1) is 0 Å². The van der Waals surface area contributed by atoms with E-state index in [1.807, 2.05) is 38.9 Å². The number of carbonyl (C=O) groups is 4. The average Bonchev–Trinajstić information content (AvgIpc) is 3.26. The number of carbonyl (C=O) groups excluding carboxylic acids is 3. The number of aliphatic hydroxyl groups excluding tert-OH is 3. The molecule has 0 spiro atoms. The van der Waals surface area contributed by atoms with Gasteiger partial charge in [0.15, 0.2) is 6.10 Å². The standard InChI is InChI=1S/C44H54N4O15/c1-25-8-10-30-34(50)29-7-5-6-28(39(29)62-38(30)26(25)2)23-33(49)47-13-15-48(16-14-47)44(57)60-24-27-9-11-32(61-43-37(53)35(51)36(52)40(63-43)42(55)56)31(22-27)41(54)45-12-18-58-20-21-59-19-17-46(3)4/h5-11,22,35-37,40,43,51-53H,12-21,23-24H2,1-4H3,(H,45,54)(H,55,56)/t35-,36-,37+,40?,43+/m0/s1. The first kappa shape index (κ1) is 46.8. The maximum atomic E-state index is 13.5. The van der Waals surface area contributed by atoms with Crippen LogP contribution in [0.2, 0.25) is 0 Å². The molecule has 3 aromatic carbocycles. The number of carboxylic acid groups (broad SMARTS) is 1. The molecule has 5 N–H and O–H groups in total. The lowest BCUT2D eigenvalue weighted by Gasteiger charge is -2.38. The van der Waals surface area contributed by atoms with Crippen LogP contribution in [-0.4, -0.2) is 170 Å². The van der Waals surface area contributed by atoms with E-state index in [2.05, 4.69) is 5.32 Å². The van der Waals surface area contributed by atoms with Crippen LogP contribution in [-0.2, 0) is 41.6 Å². The molecule has 6 rings (SSSR count). The molecular formula is C44H54N4O15. The number of aryl methyl sites for hydroxylation is 2. The van der Waals surface area contributed by atoms with E-state index < -0.39 is 48.7 Å². The molecule has 2 saturated heterocycles. The zero-order valence-corrected chi connectivity index (χ0v) is 35.6. The summed E-state index contributed by atoms with van der Waals surface area (Å²) in [5.41, 5.74) is 3.36. The monoisotopic (exact) mass is 878 g/mol. The van der Waals surface area contributed by atoms with Crippen molar-refractivity contribution in [2.45, 2.75) is 57.6 Å². The van der Waals surface area contributed by atoms with Gasteiger partial charge in [0.2, 0.25) is 17.6 Å². The Balaban J connectivity index is 1.06. The van der Waals surface area contributed by atoms with Crippen LogP contribution >= 0.6 is 0 Å². The minimum Gasteiger partial charge on any atom is -0.479 e. The lowest BCUT2D eigenvalue weighted by molar-refractivity contribution is -0.271. The lowest BCUT2D eigenvalue weighted by Crippen LogP contribution is -2.61. The number of nitrogens with zero attached hydrogens (tertiary/aromatic N) is 3. The Morgan fingerprint density at radius 1 is 0.841 bits per heavy atom. The third kappa shape index (κ3) is 11.3. The summed E-state index contributed by atoms with van der Waals surface area (Å²) < 4.78 is 33.9. The number of para-hydroxylation sites is 1. The molecule has 1 unspecified atom stereocenters. The van der Waals surface area contributed by atoms with Gasteiger partial charge in [-0.25, -0.2) is 9.59 Å². The van der Waals surface area contributed by atoms with Gasteiger partial charge in [-0.05, 0) is 68.9 Å². The number of fused-ring (bicyclic) bond motifs is 2. The maximum absolute atomic E-state index is 13.5. The normalized spacial score (nSPS) is 20.3. The number of nitrogens with one attached hydrogen (secondary N) is 1. The van der Waals surface area contributed by atoms with Gasteiger partial charge in [-0.3, -0.25) is 14.4 Å². The highest BCUT2D eigenvalue weighted by Crippen LogP contribution is 2.29. The fourth-order valence-electron chi connectivity index (χ4n) is 7.14. The molecular weight excluding hydrogens is 824 g/mol. The van der Waals surface area contributed by atoms with E-state index in [-0.39, 0.29) is 75.0 Å². The zero-order valence-electron chi connectivity index (χ0n) is 35.6. The van der Waals surface area contributed by atoms with Gasteiger partial charge in [0.25, 0.3) is 5.91 Å². The fraction of sp³-hybridized carbons (Fsp3) is 0.477. The Labute approximate surface area is 362 Å². The van der Waals surface area contributed by atoms with Crippen molar-refractivity contribution in [3.8, 4) is 5.75 Å². The zero-order chi connectivity index (χ0) is 45.4. The number of aliphatic carboxylic acids is 1. The van der Waals surface area contributed by atoms with E-state index >= 15 is 0 Å². The van der Waals surface area contributed by atoms with Gasteiger partial charge in [-0.2, -0.15) is 0 Å². The summed E-state index contributed by atoms with van der Waals surface area (Å²) in [6.45, 7) is 6.56. The van der Waals surface area contributed by atoms with Crippen LogP contribution in [0.5, 0.6) is 5.75 Å². The van der Waals surface area contributed by atoms with Gasteiger partial charge in [0.1, 0.15) is 41.8 Å². The maximum Gasteiger partial charge on any atom is 0.410 e. The van der Waals surface area contributed by atoms with Crippen LogP contribution in [0.1, 0.15) is 32.6 Å². The van der Waals surface area contributed by atoms with Crippen molar-refractivity contribution in [2.24, 2.45) is 0 Å². The Kier molecular flexibility index (Phi) is 15.7. The van der Waals surface area contributed by atoms with Gasteiger partial charge >= 0.3 is 12.1 Å². The first-order chi connectivity index (χ1) is 30.1. The first-order valence-electron chi connectivity index (χ1n) is 20.6. The van der Waals surface area contributed by atoms with Crippen molar-refractivity contribution in [3.05, 3.63) is 86.6 Å². The van der Waals surface area contributed by atoms with Crippen LogP contribution < -0.4 is 15.5 Å². The van der Waals surface area contributed by atoms with E-state index in [4.69, 9.17) is 28.1 Å². The highest BCUT2D eigenvalue weighted by Gasteiger charge is 2.48. The van der Waals surface area contributed by atoms with Gasteiger partial charge in [0, 0.05) is 44.8 Å². The number of likely N-dealkylation sites (N-methyl/N-ethyl adjacent to an activating group) is 1. The predicted octanol–water partition coefficient (Wildman–Crippen LogP) is 1.18. The molecule has 2 aliphatic rings. The van der Waals surface area contributed by atoms with Crippen molar-refractivity contribution in [2.75, 3.05) is 79.8 Å². The van der Waals surface area contributed by atoms with Crippen molar-refractivity contribution in [1.82, 2.24) is 20.0 Å². The number of aliphatic hydroxyl groups is 3. The molecule has 340 valence electrons. The Bertz CT molecular complexity index is 2340. The van der Waals surface area contributed by atoms with Crippen LogP contribution in [0.15, 0.2) is 57.7 Å². The number of benzene rings is 3. The number of piperazine rings is 1. The lowest BCUT2D eigenvalue weighted by atomic mass is 9.99. The van der Waals surface area contributed by atoms with Gasteiger partial charge in [-0.1, -0.05) is 24.3 Å². The van der Waals surface area contributed by atoms with Crippen molar-refractivity contribution < 1.29 is 67.7 Å². The average molecular weight is 879 g/mol. The molecule has 5 atom stereocenters. The molecule has 4 aromatic rings. The molecule has 3 amide bonds. The topological polar surface area (TPSA) is 247 Å². The Morgan fingerprint density at radius 2 is 1.54 bits per heavy atom. The number of ether oxygens (including phenoxy) is 5. The molecule has 0 saturated carbocycles. The van der Waals surface area contributed by atoms with Crippen LogP contribution in [0.3, 0.4) is 0 Å². The van der Waals surface area contributed by atoms with Gasteiger partial charge < -0.3 is 68.5 Å². The summed E-state index contributed by atoms with van der Waals surface area (Å²) >= 11 is 0.